The molecule has 0 N–H and O–H groups in total. The first kappa shape index (κ1) is 16.1. The highest BCUT2D eigenvalue weighted by Crippen LogP contribution is 2.22. The number of rotatable bonds is 4. The predicted molar refractivity (Wildman–Crippen MR) is 91.2 cm³/mol. The summed E-state index contributed by atoms with van der Waals surface area (Å²) in [4.78, 5) is 18.5. The summed E-state index contributed by atoms with van der Waals surface area (Å²) < 4.78 is 7.31. The number of ether oxygens (including phenoxy) is 1. The number of thioether (sulfide) groups is 1. The van der Waals surface area contributed by atoms with Crippen molar-refractivity contribution in [1.29, 1.82) is 0 Å². The van der Waals surface area contributed by atoms with Gasteiger partial charge in [0.15, 0.2) is 5.16 Å². The van der Waals surface area contributed by atoms with E-state index in [4.69, 9.17) is 4.74 Å². The van der Waals surface area contributed by atoms with Crippen LogP contribution >= 0.6 is 11.8 Å². The van der Waals surface area contributed by atoms with E-state index in [0.29, 0.717) is 32.1 Å². The van der Waals surface area contributed by atoms with Crippen molar-refractivity contribution in [2.45, 2.75) is 19.0 Å². The van der Waals surface area contributed by atoms with Gasteiger partial charge in [-0.2, -0.15) is 0 Å². The largest absolute Gasteiger partial charge is 0.378 e. The van der Waals surface area contributed by atoms with Crippen molar-refractivity contribution in [2.75, 3.05) is 32.1 Å². The molecular formula is C17H21N3O2S. The van der Waals surface area contributed by atoms with Gasteiger partial charge in [-0.3, -0.25) is 9.36 Å². The maximum absolute atomic E-state index is 12.3. The Kier molecular flexibility index (Phi) is 5.03. The molecule has 0 radical (unpaired) electrons. The Morgan fingerprint density at radius 3 is 2.78 bits per heavy atom. The Hall–Kier alpha value is -1.79. The number of hydrogen-bond donors (Lipinski definition) is 0. The van der Waals surface area contributed by atoms with Crippen LogP contribution < -0.4 is 0 Å². The topological polar surface area (TPSA) is 47.4 Å². The molecule has 0 saturated carbocycles. The molecule has 1 amide bonds. The van der Waals surface area contributed by atoms with Gasteiger partial charge in [-0.05, 0) is 37.1 Å². The zero-order valence-corrected chi connectivity index (χ0v) is 14.3. The summed E-state index contributed by atoms with van der Waals surface area (Å²) in [5.41, 5.74) is 3.59. The highest BCUT2D eigenvalue weighted by atomic mass is 32.2. The molecule has 0 spiro atoms. The van der Waals surface area contributed by atoms with Gasteiger partial charge in [-0.25, -0.2) is 4.98 Å². The molecule has 1 aromatic heterocycles. The van der Waals surface area contributed by atoms with E-state index in [1.807, 2.05) is 15.7 Å². The Morgan fingerprint density at radius 2 is 2.04 bits per heavy atom. The van der Waals surface area contributed by atoms with E-state index in [-0.39, 0.29) is 5.91 Å². The smallest absolute Gasteiger partial charge is 0.233 e. The van der Waals surface area contributed by atoms with Crippen molar-refractivity contribution in [2.24, 2.45) is 0 Å². The van der Waals surface area contributed by atoms with Crippen molar-refractivity contribution in [3.05, 3.63) is 41.7 Å². The van der Waals surface area contributed by atoms with Crippen LogP contribution in [0.4, 0.5) is 0 Å². The average molecular weight is 331 g/mol. The van der Waals surface area contributed by atoms with Crippen molar-refractivity contribution in [1.82, 2.24) is 14.5 Å². The van der Waals surface area contributed by atoms with Crippen LogP contribution in [0.5, 0.6) is 0 Å². The lowest BCUT2D eigenvalue weighted by Gasteiger charge is -2.26. The second kappa shape index (κ2) is 7.19. The number of imidazole rings is 1. The van der Waals surface area contributed by atoms with E-state index in [2.05, 4.69) is 37.0 Å². The molecule has 5 nitrogen and oxygen atoms in total. The molecule has 1 saturated heterocycles. The van der Waals surface area contributed by atoms with Crippen LogP contribution in [-0.4, -0.2) is 52.4 Å². The van der Waals surface area contributed by atoms with Crippen molar-refractivity contribution >= 4 is 17.7 Å². The van der Waals surface area contributed by atoms with Crippen LogP contribution in [0.2, 0.25) is 0 Å². The molecule has 0 atom stereocenters. The first-order chi connectivity index (χ1) is 11.1. The molecule has 3 rings (SSSR count). The van der Waals surface area contributed by atoms with E-state index in [1.165, 1.54) is 22.9 Å². The predicted octanol–water partition coefficient (Wildman–Crippen LogP) is 2.44. The number of nitrogens with zero attached hydrogens (tertiary/aromatic N) is 3. The number of morpholine rings is 1. The number of hydrogen-bond acceptors (Lipinski definition) is 4. The van der Waals surface area contributed by atoms with Crippen LogP contribution in [-0.2, 0) is 9.53 Å². The van der Waals surface area contributed by atoms with Crippen LogP contribution in [0.15, 0.2) is 35.7 Å². The standard InChI is InChI=1S/C17H21N3O2S/c1-13-3-4-15(11-14(13)2)20-6-5-18-17(20)23-12-16(21)19-7-9-22-10-8-19/h3-6,11H,7-10,12H2,1-2H3. The number of benzene rings is 1. The van der Waals surface area contributed by atoms with Gasteiger partial charge >= 0.3 is 0 Å². The first-order valence-electron chi connectivity index (χ1n) is 7.74. The Balaban J connectivity index is 1.68. The normalized spacial score (nSPS) is 15.0. The summed E-state index contributed by atoms with van der Waals surface area (Å²) in [6, 6.07) is 6.33. The van der Waals surface area contributed by atoms with Gasteiger partial charge < -0.3 is 9.64 Å². The number of aryl methyl sites for hydroxylation is 2. The molecule has 0 bridgehead atoms. The van der Waals surface area contributed by atoms with Gasteiger partial charge in [0.2, 0.25) is 5.91 Å². The second-order valence-corrected chi connectivity index (χ2v) is 6.57. The van der Waals surface area contributed by atoms with Crippen molar-refractivity contribution in [3.8, 4) is 5.69 Å². The Morgan fingerprint density at radius 1 is 1.26 bits per heavy atom. The van der Waals surface area contributed by atoms with Gasteiger partial charge in [0.1, 0.15) is 0 Å². The lowest BCUT2D eigenvalue weighted by atomic mass is 10.1. The fourth-order valence-corrected chi connectivity index (χ4v) is 3.37. The lowest BCUT2D eigenvalue weighted by Crippen LogP contribution is -2.41. The molecule has 0 unspecified atom stereocenters. The van der Waals surface area contributed by atoms with Crippen LogP contribution in [0.1, 0.15) is 11.1 Å². The zero-order valence-electron chi connectivity index (χ0n) is 13.5. The lowest BCUT2D eigenvalue weighted by molar-refractivity contribution is -0.132. The number of carbonyl (C=O) groups is 1. The third kappa shape index (κ3) is 3.76. The summed E-state index contributed by atoms with van der Waals surface area (Å²) in [6.45, 7) is 6.84. The quantitative estimate of drug-likeness (QED) is 0.808. The molecule has 1 aromatic carbocycles. The zero-order chi connectivity index (χ0) is 16.2. The van der Waals surface area contributed by atoms with E-state index in [1.54, 1.807) is 6.20 Å². The number of amides is 1. The average Bonchev–Trinajstić information content (AvgIpc) is 3.04. The maximum Gasteiger partial charge on any atom is 0.233 e. The van der Waals surface area contributed by atoms with Crippen LogP contribution in [0, 0.1) is 13.8 Å². The van der Waals surface area contributed by atoms with Gasteiger partial charge in [-0.15, -0.1) is 0 Å². The fraction of sp³-hybridized carbons (Fsp3) is 0.412. The van der Waals surface area contributed by atoms with E-state index >= 15 is 0 Å². The fourth-order valence-electron chi connectivity index (χ4n) is 2.50. The molecule has 1 fully saturated rings. The minimum Gasteiger partial charge on any atom is -0.378 e. The van der Waals surface area contributed by atoms with Crippen molar-refractivity contribution < 1.29 is 9.53 Å². The van der Waals surface area contributed by atoms with E-state index in [0.717, 1.165) is 10.8 Å². The second-order valence-electron chi connectivity index (χ2n) is 5.63. The molecule has 1 aliphatic rings. The third-order valence-electron chi connectivity index (χ3n) is 4.06. The summed E-state index contributed by atoms with van der Waals surface area (Å²) in [7, 11) is 0. The van der Waals surface area contributed by atoms with Crippen LogP contribution in [0.3, 0.4) is 0 Å². The van der Waals surface area contributed by atoms with Gasteiger partial charge in [0, 0.05) is 31.2 Å². The van der Waals surface area contributed by atoms with Crippen LogP contribution in [0.25, 0.3) is 5.69 Å². The van der Waals surface area contributed by atoms with E-state index < -0.39 is 0 Å². The molecule has 6 heteroatoms. The summed E-state index contributed by atoms with van der Waals surface area (Å²) in [6.07, 6.45) is 3.71. The molecule has 2 heterocycles. The SMILES string of the molecule is Cc1ccc(-n2ccnc2SCC(=O)N2CCOCC2)cc1C. The first-order valence-corrected chi connectivity index (χ1v) is 8.73. The minimum atomic E-state index is 0.146. The van der Waals surface area contributed by atoms with Gasteiger partial charge in [0.25, 0.3) is 0 Å². The molecule has 0 aliphatic carbocycles. The Labute approximate surface area is 140 Å². The molecule has 23 heavy (non-hydrogen) atoms. The molecule has 122 valence electrons. The van der Waals surface area contributed by atoms with Crippen molar-refractivity contribution in [3.63, 3.8) is 0 Å². The minimum absolute atomic E-state index is 0.146. The number of aromatic nitrogens is 2. The summed E-state index contributed by atoms with van der Waals surface area (Å²) >= 11 is 1.48. The maximum atomic E-state index is 12.3. The van der Waals surface area contributed by atoms with Gasteiger partial charge in [-0.1, -0.05) is 17.8 Å². The highest BCUT2D eigenvalue weighted by molar-refractivity contribution is 7.99. The molecule has 2 aromatic rings. The molecule has 1 aliphatic heterocycles. The summed E-state index contributed by atoms with van der Waals surface area (Å²) in [5, 5.41) is 0.842. The molecular weight excluding hydrogens is 310 g/mol. The van der Waals surface area contributed by atoms with E-state index in [9.17, 15) is 4.79 Å². The monoisotopic (exact) mass is 331 g/mol. The number of carbonyl (C=O) groups excluding carboxylic acids is 1. The third-order valence-corrected chi connectivity index (χ3v) is 5.02. The Bertz CT molecular complexity index is 693. The van der Waals surface area contributed by atoms with Gasteiger partial charge in [0.05, 0.1) is 19.0 Å². The summed E-state index contributed by atoms with van der Waals surface area (Å²) in [5.74, 6) is 0.551. The highest BCUT2D eigenvalue weighted by Gasteiger charge is 2.18.